The lowest BCUT2D eigenvalue weighted by atomic mass is 10.3. The quantitative estimate of drug-likeness (QED) is 0.619. The second-order valence-corrected chi connectivity index (χ2v) is 5.53. The molecule has 0 radical (unpaired) electrons. The van der Waals surface area contributed by atoms with Gasteiger partial charge in [-0.25, -0.2) is 0 Å². The standard InChI is InChI=1S/C10H8BrNO2S2/c1-2-12-9(13)7(16-10(12)15)5-6-3-4-8(11)14-6/h3-5H,2H2,1H3. The molecular weight excluding hydrogens is 310 g/mol. The molecule has 1 aromatic rings. The van der Waals surface area contributed by atoms with Crippen LogP contribution in [-0.2, 0) is 4.79 Å². The lowest BCUT2D eigenvalue weighted by molar-refractivity contribution is -0.121. The Morgan fingerprint density at radius 1 is 1.62 bits per heavy atom. The number of carbonyl (C=O) groups is 1. The number of hydrogen-bond acceptors (Lipinski definition) is 4. The third-order valence-corrected chi connectivity index (χ3v) is 3.86. The highest BCUT2D eigenvalue weighted by molar-refractivity contribution is 9.10. The Balaban J connectivity index is 2.27. The summed E-state index contributed by atoms with van der Waals surface area (Å²) in [4.78, 5) is 14.0. The van der Waals surface area contributed by atoms with Crippen LogP contribution in [0.3, 0.4) is 0 Å². The number of thiocarbonyl (C=S) groups is 1. The van der Waals surface area contributed by atoms with Crippen LogP contribution in [0.4, 0.5) is 0 Å². The number of thioether (sulfide) groups is 1. The van der Waals surface area contributed by atoms with Gasteiger partial charge in [-0.3, -0.25) is 9.69 Å². The maximum atomic E-state index is 11.9. The van der Waals surface area contributed by atoms with Crippen molar-refractivity contribution in [3.8, 4) is 0 Å². The van der Waals surface area contributed by atoms with Crippen molar-refractivity contribution in [2.24, 2.45) is 0 Å². The highest BCUT2D eigenvalue weighted by atomic mass is 79.9. The minimum Gasteiger partial charge on any atom is -0.450 e. The van der Waals surface area contributed by atoms with E-state index in [1.807, 2.05) is 6.92 Å². The molecule has 1 fully saturated rings. The van der Waals surface area contributed by atoms with E-state index < -0.39 is 0 Å². The van der Waals surface area contributed by atoms with Gasteiger partial charge in [-0.1, -0.05) is 24.0 Å². The van der Waals surface area contributed by atoms with E-state index in [1.165, 1.54) is 11.8 Å². The molecule has 0 aliphatic carbocycles. The first-order valence-corrected chi connectivity index (χ1v) is 6.64. The Labute approximate surface area is 111 Å². The molecule has 0 saturated carbocycles. The highest BCUT2D eigenvalue weighted by Crippen LogP contribution is 2.32. The Bertz CT molecular complexity index is 481. The van der Waals surface area contributed by atoms with Gasteiger partial charge in [0.15, 0.2) is 4.67 Å². The summed E-state index contributed by atoms with van der Waals surface area (Å²) in [5.74, 6) is 0.591. The van der Waals surface area contributed by atoms with E-state index in [9.17, 15) is 4.79 Å². The molecule has 84 valence electrons. The predicted molar refractivity (Wildman–Crippen MR) is 72.0 cm³/mol. The number of nitrogens with zero attached hydrogens (tertiary/aromatic N) is 1. The number of likely N-dealkylation sites (N-methyl/N-ethyl adjacent to an activating group) is 1. The third-order valence-electron chi connectivity index (χ3n) is 2.06. The highest BCUT2D eigenvalue weighted by Gasteiger charge is 2.30. The molecule has 1 aliphatic heterocycles. The zero-order chi connectivity index (χ0) is 11.7. The van der Waals surface area contributed by atoms with Crippen LogP contribution < -0.4 is 0 Å². The van der Waals surface area contributed by atoms with E-state index in [-0.39, 0.29) is 5.91 Å². The minimum absolute atomic E-state index is 0.0509. The van der Waals surface area contributed by atoms with Gasteiger partial charge in [0.1, 0.15) is 10.1 Å². The van der Waals surface area contributed by atoms with Crippen molar-refractivity contribution in [3.63, 3.8) is 0 Å². The molecule has 0 aromatic carbocycles. The Hall–Kier alpha value is -0.590. The first-order valence-electron chi connectivity index (χ1n) is 4.62. The van der Waals surface area contributed by atoms with Crippen molar-refractivity contribution in [2.45, 2.75) is 6.92 Å². The van der Waals surface area contributed by atoms with Gasteiger partial charge in [0.2, 0.25) is 0 Å². The summed E-state index contributed by atoms with van der Waals surface area (Å²) in [5, 5.41) is 0. The number of amides is 1. The molecule has 3 nitrogen and oxygen atoms in total. The Morgan fingerprint density at radius 3 is 2.88 bits per heavy atom. The first kappa shape index (κ1) is 11.9. The molecular formula is C10H8BrNO2S2. The molecule has 2 rings (SSSR count). The average Bonchev–Trinajstić information content (AvgIpc) is 2.74. The van der Waals surface area contributed by atoms with Crippen LogP contribution in [0.5, 0.6) is 0 Å². The SMILES string of the molecule is CCN1C(=O)C(=Cc2ccc(Br)o2)SC1=S. The number of furan rings is 1. The van der Waals surface area contributed by atoms with E-state index in [4.69, 9.17) is 16.6 Å². The maximum absolute atomic E-state index is 11.9. The molecule has 0 unspecified atom stereocenters. The lowest BCUT2D eigenvalue weighted by Gasteiger charge is -2.09. The zero-order valence-electron chi connectivity index (χ0n) is 8.40. The number of halogens is 1. The van der Waals surface area contributed by atoms with Crippen molar-refractivity contribution in [1.82, 2.24) is 4.90 Å². The summed E-state index contributed by atoms with van der Waals surface area (Å²) < 4.78 is 6.56. The molecule has 0 atom stereocenters. The van der Waals surface area contributed by atoms with Gasteiger partial charge in [-0.15, -0.1) is 0 Å². The van der Waals surface area contributed by atoms with Crippen molar-refractivity contribution in [1.29, 1.82) is 0 Å². The molecule has 1 aromatic heterocycles. The van der Waals surface area contributed by atoms with E-state index in [0.717, 1.165) is 0 Å². The van der Waals surface area contributed by atoms with Crippen molar-refractivity contribution >= 4 is 56.2 Å². The fourth-order valence-corrected chi connectivity index (χ4v) is 2.99. The monoisotopic (exact) mass is 317 g/mol. The molecule has 6 heteroatoms. The van der Waals surface area contributed by atoms with Crippen molar-refractivity contribution < 1.29 is 9.21 Å². The lowest BCUT2D eigenvalue weighted by Crippen LogP contribution is -2.27. The molecule has 0 bridgehead atoms. The van der Waals surface area contributed by atoms with Gasteiger partial charge in [0.05, 0.1) is 4.91 Å². The number of hydrogen-bond donors (Lipinski definition) is 0. The Morgan fingerprint density at radius 2 is 2.38 bits per heavy atom. The van der Waals surface area contributed by atoms with Crippen LogP contribution in [0, 0.1) is 0 Å². The van der Waals surface area contributed by atoms with Gasteiger partial charge < -0.3 is 4.42 Å². The second-order valence-electron chi connectivity index (χ2n) is 3.07. The molecule has 0 spiro atoms. The molecule has 1 amide bonds. The number of rotatable bonds is 2. The summed E-state index contributed by atoms with van der Waals surface area (Å²) in [5.41, 5.74) is 0. The first-order chi connectivity index (χ1) is 7.61. The molecule has 1 aliphatic rings. The zero-order valence-corrected chi connectivity index (χ0v) is 11.6. The minimum atomic E-state index is -0.0509. The second kappa shape index (κ2) is 4.73. The van der Waals surface area contributed by atoms with Gasteiger partial charge >= 0.3 is 0 Å². The summed E-state index contributed by atoms with van der Waals surface area (Å²) in [7, 11) is 0. The van der Waals surface area contributed by atoms with Crippen LogP contribution in [0.25, 0.3) is 6.08 Å². The smallest absolute Gasteiger partial charge is 0.266 e. The third kappa shape index (κ3) is 2.23. The fraction of sp³-hybridized carbons (Fsp3) is 0.200. The van der Waals surface area contributed by atoms with E-state index in [0.29, 0.717) is 26.2 Å². The van der Waals surface area contributed by atoms with Gasteiger partial charge in [-0.05, 0) is 35.0 Å². The van der Waals surface area contributed by atoms with Gasteiger partial charge in [0, 0.05) is 12.6 Å². The fourth-order valence-electron chi connectivity index (χ4n) is 1.31. The van der Waals surface area contributed by atoms with E-state index in [1.54, 1.807) is 23.1 Å². The molecule has 0 N–H and O–H groups in total. The molecule has 16 heavy (non-hydrogen) atoms. The maximum Gasteiger partial charge on any atom is 0.266 e. The van der Waals surface area contributed by atoms with Crippen LogP contribution in [-0.4, -0.2) is 21.7 Å². The van der Waals surface area contributed by atoms with Crippen LogP contribution in [0.2, 0.25) is 0 Å². The predicted octanol–water partition coefficient (Wildman–Crippen LogP) is 3.26. The van der Waals surface area contributed by atoms with E-state index in [2.05, 4.69) is 15.9 Å². The number of carbonyl (C=O) groups excluding carboxylic acids is 1. The Kier molecular flexibility index (Phi) is 3.51. The molecule has 2 heterocycles. The largest absolute Gasteiger partial charge is 0.450 e. The molecule has 1 saturated heterocycles. The van der Waals surface area contributed by atoms with Crippen molar-refractivity contribution in [3.05, 3.63) is 27.5 Å². The summed E-state index contributed by atoms with van der Waals surface area (Å²) in [6.45, 7) is 2.50. The van der Waals surface area contributed by atoms with Crippen LogP contribution in [0.1, 0.15) is 12.7 Å². The normalized spacial score (nSPS) is 18.9. The van der Waals surface area contributed by atoms with Crippen LogP contribution >= 0.6 is 39.9 Å². The topological polar surface area (TPSA) is 33.5 Å². The van der Waals surface area contributed by atoms with Gasteiger partial charge in [0.25, 0.3) is 5.91 Å². The summed E-state index contributed by atoms with van der Waals surface area (Å²) >= 11 is 9.62. The summed E-state index contributed by atoms with van der Waals surface area (Å²) in [6.07, 6.45) is 1.71. The van der Waals surface area contributed by atoms with Crippen molar-refractivity contribution in [2.75, 3.05) is 6.54 Å². The van der Waals surface area contributed by atoms with E-state index >= 15 is 0 Å². The van der Waals surface area contributed by atoms with Crippen LogP contribution in [0.15, 0.2) is 26.1 Å². The van der Waals surface area contributed by atoms with Gasteiger partial charge in [-0.2, -0.15) is 0 Å². The summed E-state index contributed by atoms with van der Waals surface area (Å²) in [6, 6.07) is 3.58. The average molecular weight is 318 g/mol.